The molecular formula is C28H38N3O+. The molecule has 170 valence electrons. The predicted molar refractivity (Wildman–Crippen MR) is 131 cm³/mol. The Bertz CT molecular complexity index is 898. The summed E-state index contributed by atoms with van der Waals surface area (Å²) >= 11 is 0. The van der Waals surface area contributed by atoms with Crippen molar-refractivity contribution < 1.29 is 9.37 Å². The van der Waals surface area contributed by atoms with E-state index in [1.54, 1.807) is 0 Å². The molecule has 0 radical (unpaired) electrons. The average molecular weight is 433 g/mol. The molecule has 1 saturated carbocycles. The highest BCUT2D eigenvalue weighted by Gasteiger charge is 2.52. The van der Waals surface area contributed by atoms with Crippen molar-refractivity contribution in [3.05, 3.63) is 71.8 Å². The molecule has 2 aromatic rings. The van der Waals surface area contributed by atoms with Crippen LogP contribution in [0, 0.1) is 5.92 Å². The van der Waals surface area contributed by atoms with Crippen molar-refractivity contribution in [2.24, 2.45) is 11.7 Å². The lowest BCUT2D eigenvalue weighted by Crippen LogP contribution is -2.48. The van der Waals surface area contributed by atoms with Crippen molar-refractivity contribution >= 4 is 11.7 Å². The number of nitrogens with two attached hydrogens (primary N) is 1. The van der Waals surface area contributed by atoms with Gasteiger partial charge in [-0.15, -0.1) is 0 Å². The van der Waals surface area contributed by atoms with Crippen LogP contribution in [-0.4, -0.2) is 46.9 Å². The van der Waals surface area contributed by atoms with Crippen LogP contribution in [-0.2, 0) is 10.2 Å². The van der Waals surface area contributed by atoms with Gasteiger partial charge in [0, 0.05) is 6.92 Å². The minimum absolute atomic E-state index is 0.191. The van der Waals surface area contributed by atoms with Gasteiger partial charge in [-0.05, 0) is 49.1 Å². The number of benzene rings is 2. The largest absolute Gasteiger partial charge is 0.369 e. The lowest BCUT2D eigenvalue weighted by molar-refractivity contribution is -0.519. The van der Waals surface area contributed by atoms with Crippen LogP contribution in [0.15, 0.2) is 60.7 Å². The fourth-order valence-electron chi connectivity index (χ4n) is 6.17. The van der Waals surface area contributed by atoms with Gasteiger partial charge in [-0.2, -0.15) is 0 Å². The first kappa shape index (κ1) is 22.6. The molecule has 0 aromatic heterocycles. The van der Waals surface area contributed by atoms with Crippen LogP contribution in [0.25, 0.3) is 0 Å². The number of carbonyl (C=O) groups excluding carboxylic acids is 1. The second-order valence-corrected chi connectivity index (χ2v) is 9.50. The summed E-state index contributed by atoms with van der Waals surface area (Å²) < 4.78 is 2.55. The number of nitrogens with zero attached hydrogens (tertiary/aromatic N) is 2. The van der Waals surface area contributed by atoms with Crippen LogP contribution < -0.4 is 5.73 Å². The monoisotopic (exact) mass is 432 g/mol. The zero-order valence-electron chi connectivity index (χ0n) is 19.7. The molecule has 4 nitrogen and oxygen atoms in total. The molecule has 2 unspecified atom stereocenters. The highest BCUT2D eigenvalue weighted by Crippen LogP contribution is 2.48. The molecule has 1 aliphatic carbocycles. The fourth-order valence-corrected chi connectivity index (χ4v) is 6.17. The molecule has 0 spiro atoms. The van der Waals surface area contributed by atoms with Gasteiger partial charge in [-0.3, -0.25) is 14.3 Å². The number of unbranched alkanes of at least 4 members (excludes halogenated alkanes) is 2. The molecule has 4 heteroatoms. The van der Waals surface area contributed by atoms with Gasteiger partial charge in [0.15, 0.2) is 0 Å². The van der Waals surface area contributed by atoms with Crippen LogP contribution >= 0.6 is 0 Å². The van der Waals surface area contributed by atoms with Gasteiger partial charge in [-0.25, -0.2) is 0 Å². The Balaban J connectivity index is 1.63. The minimum atomic E-state index is -0.786. The van der Waals surface area contributed by atoms with Crippen molar-refractivity contribution in [1.82, 2.24) is 4.90 Å². The summed E-state index contributed by atoms with van der Waals surface area (Å²) in [5.41, 5.74) is 7.52. The maximum absolute atomic E-state index is 13.3. The van der Waals surface area contributed by atoms with E-state index >= 15 is 0 Å². The van der Waals surface area contributed by atoms with Crippen LogP contribution in [0.4, 0.5) is 0 Å². The van der Waals surface area contributed by atoms with Crippen LogP contribution in [0.2, 0.25) is 0 Å². The smallest absolute Gasteiger partial charge is 0.244 e. The van der Waals surface area contributed by atoms with Crippen LogP contribution in [0.3, 0.4) is 0 Å². The second kappa shape index (κ2) is 9.89. The Morgan fingerprint density at radius 3 is 2.22 bits per heavy atom. The summed E-state index contributed by atoms with van der Waals surface area (Å²) in [6, 6.07) is 20.9. The highest BCUT2D eigenvalue weighted by molar-refractivity contribution is 5.91. The van der Waals surface area contributed by atoms with Crippen molar-refractivity contribution in [2.45, 2.75) is 63.8 Å². The highest BCUT2D eigenvalue weighted by atomic mass is 16.1. The molecule has 32 heavy (non-hydrogen) atoms. The molecule has 1 aliphatic heterocycles. The van der Waals surface area contributed by atoms with Gasteiger partial charge >= 0.3 is 0 Å². The third kappa shape index (κ3) is 4.07. The minimum Gasteiger partial charge on any atom is -0.369 e. The third-order valence-electron chi connectivity index (χ3n) is 7.82. The first-order valence-electron chi connectivity index (χ1n) is 12.3. The van der Waals surface area contributed by atoms with Gasteiger partial charge in [0.2, 0.25) is 11.7 Å². The van der Waals surface area contributed by atoms with E-state index in [0.29, 0.717) is 6.04 Å². The van der Waals surface area contributed by atoms with Crippen molar-refractivity contribution in [1.29, 1.82) is 0 Å². The van der Waals surface area contributed by atoms with Gasteiger partial charge in [0.25, 0.3) is 0 Å². The van der Waals surface area contributed by atoms with E-state index in [4.69, 9.17) is 5.73 Å². The van der Waals surface area contributed by atoms with Crippen LogP contribution in [0.5, 0.6) is 0 Å². The molecule has 1 amide bonds. The first-order valence-corrected chi connectivity index (χ1v) is 12.3. The number of hydrogen-bond donors (Lipinski definition) is 1. The number of amidine groups is 1. The van der Waals surface area contributed by atoms with Crippen molar-refractivity contribution in [2.75, 3.05) is 19.6 Å². The SMILES string of the molecule is CCCCC[N+]1=C(C)N(C2CCC(C(C(N)=O)(c3ccccc3)c3ccccc3)C2)CC1. The standard InChI is InChI=1S/C28H37N3O/c1-3-4-11-18-30-19-20-31(22(30)2)26-17-16-25(21-26)28(27(29)32,23-12-7-5-8-13-23)24-14-9-6-10-15-24/h5-10,12-15,25-26H,3-4,11,16-21H2,1-2H3,(H-,29,32)/p+1. The zero-order valence-corrected chi connectivity index (χ0v) is 19.7. The van der Waals surface area contributed by atoms with E-state index in [-0.39, 0.29) is 11.8 Å². The molecule has 4 rings (SSSR count). The Labute approximate surface area is 193 Å². The summed E-state index contributed by atoms with van der Waals surface area (Å²) in [5.74, 6) is 1.37. The maximum Gasteiger partial charge on any atom is 0.244 e. The maximum atomic E-state index is 13.3. The van der Waals surface area contributed by atoms with Crippen LogP contribution in [0.1, 0.15) is 63.5 Å². The molecule has 1 fully saturated rings. The molecule has 2 atom stereocenters. The number of primary amides is 1. The molecule has 2 aliphatic rings. The molecular weight excluding hydrogens is 394 g/mol. The Morgan fingerprint density at radius 1 is 1.03 bits per heavy atom. The number of rotatable bonds is 9. The van der Waals surface area contributed by atoms with Crippen molar-refractivity contribution in [3.63, 3.8) is 0 Å². The van der Waals surface area contributed by atoms with Gasteiger partial charge < -0.3 is 5.73 Å². The van der Waals surface area contributed by atoms with Gasteiger partial charge in [0.1, 0.15) is 18.5 Å². The second-order valence-electron chi connectivity index (χ2n) is 9.50. The summed E-state index contributed by atoms with van der Waals surface area (Å²) in [6.07, 6.45) is 6.94. The lowest BCUT2D eigenvalue weighted by atomic mass is 9.64. The summed E-state index contributed by atoms with van der Waals surface area (Å²) in [4.78, 5) is 15.9. The van der Waals surface area contributed by atoms with E-state index in [2.05, 4.69) is 47.6 Å². The molecule has 1 heterocycles. The summed E-state index contributed by atoms with van der Waals surface area (Å²) in [5, 5.41) is 0. The third-order valence-corrected chi connectivity index (χ3v) is 7.82. The average Bonchev–Trinajstić information content (AvgIpc) is 3.43. The number of hydrogen-bond acceptors (Lipinski definition) is 2. The number of carbonyl (C=O) groups is 1. The molecule has 0 bridgehead atoms. The van der Waals surface area contributed by atoms with E-state index in [1.807, 2.05) is 36.4 Å². The van der Waals surface area contributed by atoms with E-state index < -0.39 is 5.41 Å². The summed E-state index contributed by atoms with van der Waals surface area (Å²) in [7, 11) is 0. The van der Waals surface area contributed by atoms with E-state index in [1.165, 1.54) is 25.1 Å². The molecule has 2 N–H and O–H groups in total. The van der Waals surface area contributed by atoms with E-state index in [9.17, 15) is 4.79 Å². The normalized spacial score (nSPS) is 21.4. The van der Waals surface area contributed by atoms with Gasteiger partial charge in [0.05, 0.1) is 12.6 Å². The topological polar surface area (TPSA) is 49.3 Å². The zero-order chi connectivity index (χ0) is 22.6. The lowest BCUT2D eigenvalue weighted by Gasteiger charge is -2.37. The Hall–Kier alpha value is -2.62. The number of amides is 1. The quantitative estimate of drug-likeness (QED) is 0.466. The summed E-state index contributed by atoms with van der Waals surface area (Å²) in [6.45, 7) is 7.91. The molecule has 2 aromatic carbocycles. The van der Waals surface area contributed by atoms with Crippen molar-refractivity contribution in [3.8, 4) is 0 Å². The Kier molecular flexibility index (Phi) is 6.98. The van der Waals surface area contributed by atoms with Gasteiger partial charge in [-0.1, -0.05) is 74.0 Å². The van der Waals surface area contributed by atoms with E-state index in [0.717, 1.165) is 50.0 Å². The first-order chi connectivity index (χ1) is 15.6. The fraction of sp³-hybridized carbons (Fsp3) is 0.500. The predicted octanol–water partition coefficient (Wildman–Crippen LogP) is 4.56. The Morgan fingerprint density at radius 2 is 1.66 bits per heavy atom. The molecule has 0 saturated heterocycles.